The number of nitrogens with one attached hydrogen (secondary N) is 1. The van der Waals surface area contributed by atoms with Crippen LogP contribution in [0.4, 0.5) is 13.2 Å². The molecule has 1 amide bonds. The number of amides is 1. The van der Waals surface area contributed by atoms with Gasteiger partial charge >= 0.3 is 6.18 Å². The minimum atomic E-state index is -4.30. The van der Waals surface area contributed by atoms with Gasteiger partial charge in [0.15, 0.2) is 0 Å². The first-order chi connectivity index (χ1) is 9.31. The largest absolute Gasteiger partial charge is 0.406 e. The summed E-state index contributed by atoms with van der Waals surface area (Å²) in [6.07, 6.45) is -0.162. The highest BCUT2D eigenvalue weighted by molar-refractivity contribution is 5.78. The van der Waals surface area contributed by atoms with Crippen molar-refractivity contribution in [1.29, 1.82) is 0 Å². The number of imidazole rings is 1. The van der Waals surface area contributed by atoms with Crippen LogP contribution >= 0.6 is 0 Å². The van der Waals surface area contributed by atoms with Crippen LogP contribution in [-0.2, 0) is 17.9 Å². The Hall–Kier alpha value is -1.83. The van der Waals surface area contributed by atoms with Crippen molar-refractivity contribution in [3.05, 3.63) is 30.9 Å². The molecule has 5 nitrogen and oxygen atoms in total. The second-order valence-corrected chi connectivity index (χ2v) is 4.35. The van der Waals surface area contributed by atoms with E-state index >= 15 is 0 Å². The van der Waals surface area contributed by atoms with Gasteiger partial charge in [-0.15, -0.1) is 6.58 Å². The summed E-state index contributed by atoms with van der Waals surface area (Å²) in [5.74, 6) is 0.0441. The summed E-state index contributed by atoms with van der Waals surface area (Å²) in [6.45, 7) is 2.98. The Labute approximate surface area is 115 Å². The first-order valence-corrected chi connectivity index (χ1v) is 5.94. The molecule has 1 N–H and O–H groups in total. The number of hydrogen-bond acceptors (Lipinski definition) is 3. The molecule has 0 aliphatic heterocycles. The Balaban J connectivity index is 2.54. The number of aromatic nitrogens is 2. The van der Waals surface area contributed by atoms with Crippen LogP contribution in [-0.4, -0.2) is 46.7 Å². The van der Waals surface area contributed by atoms with E-state index in [9.17, 15) is 18.0 Å². The van der Waals surface area contributed by atoms with E-state index in [4.69, 9.17) is 0 Å². The third kappa shape index (κ3) is 5.87. The average Bonchev–Trinajstić information content (AvgIpc) is 2.71. The van der Waals surface area contributed by atoms with Crippen LogP contribution in [0.2, 0.25) is 0 Å². The van der Waals surface area contributed by atoms with Crippen molar-refractivity contribution < 1.29 is 18.0 Å². The monoisotopic (exact) mass is 290 g/mol. The highest BCUT2D eigenvalue weighted by Crippen LogP contribution is 2.18. The van der Waals surface area contributed by atoms with Gasteiger partial charge in [0.25, 0.3) is 0 Å². The Morgan fingerprint density at radius 3 is 2.90 bits per heavy atom. The Bertz CT molecular complexity index is 456. The fourth-order valence-electron chi connectivity index (χ4n) is 1.61. The third-order valence-electron chi connectivity index (χ3n) is 2.42. The van der Waals surface area contributed by atoms with Crippen molar-refractivity contribution in [3.8, 4) is 0 Å². The quantitative estimate of drug-likeness (QED) is 0.767. The first-order valence-electron chi connectivity index (χ1n) is 5.94. The van der Waals surface area contributed by atoms with Crippen molar-refractivity contribution in [2.45, 2.75) is 19.3 Å². The number of nitrogens with zero attached hydrogens (tertiary/aromatic N) is 3. The van der Waals surface area contributed by atoms with Gasteiger partial charge in [-0.05, 0) is 7.05 Å². The molecule has 0 saturated carbocycles. The molecule has 0 atom stereocenters. The summed E-state index contributed by atoms with van der Waals surface area (Å²) in [7, 11) is 1.64. The summed E-state index contributed by atoms with van der Waals surface area (Å²) in [5.41, 5.74) is 0. The van der Waals surface area contributed by atoms with Crippen molar-refractivity contribution in [2.24, 2.45) is 0 Å². The molecule has 0 unspecified atom stereocenters. The average molecular weight is 290 g/mol. The summed E-state index contributed by atoms with van der Waals surface area (Å²) >= 11 is 0. The lowest BCUT2D eigenvalue weighted by Crippen LogP contribution is -2.35. The van der Waals surface area contributed by atoms with Crippen LogP contribution in [0.15, 0.2) is 25.0 Å². The third-order valence-corrected chi connectivity index (χ3v) is 2.42. The number of carbonyl (C=O) groups is 1. The van der Waals surface area contributed by atoms with Gasteiger partial charge in [-0.25, -0.2) is 4.98 Å². The lowest BCUT2D eigenvalue weighted by Gasteiger charge is -2.17. The summed E-state index contributed by atoms with van der Waals surface area (Å²) < 4.78 is 38.1. The molecule has 1 aromatic rings. The van der Waals surface area contributed by atoms with Gasteiger partial charge in [0.2, 0.25) is 5.91 Å². The Kier molecular flexibility index (Phi) is 5.75. The Morgan fingerprint density at radius 2 is 2.30 bits per heavy atom. The van der Waals surface area contributed by atoms with Crippen LogP contribution in [0.3, 0.4) is 0 Å². The topological polar surface area (TPSA) is 50.2 Å². The SMILES string of the molecule is C=CCNC(=O)CN(C)Cc1nccn1CC(F)(F)F. The van der Waals surface area contributed by atoms with Crippen LogP contribution in [0.1, 0.15) is 5.82 Å². The van der Waals surface area contributed by atoms with E-state index in [2.05, 4.69) is 16.9 Å². The van der Waals surface area contributed by atoms with Crippen molar-refractivity contribution in [1.82, 2.24) is 19.8 Å². The standard InChI is InChI=1S/C12H17F3N4O/c1-3-4-17-11(20)8-18(2)7-10-16-5-6-19(10)9-12(13,14)15/h3,5-6H,1,4,7-9H2,2H3,(H,17,20). The van der Waals surface area contributed by atoms with Gasteiger partial charge in [0.05, 0.1) is 13.1 Å². The molecule has 0 fully saturated rings. The van der Waals surface area contributed by atoms with Crippen molar-refractivity contribution >= 4 is 5.91 Å². The predicted octanol–water partition coefficient (Wildman–Crippen LogP) is 1.18. The molecule has 1 heterocycles. The van der Waals surface area contributed by atoms with E-state index in [0.29, 0.717) is 6.54 Å². The van der Waals surface area contributed by atoms with Gasteiger partial charge in [0.1, 0.15) is 12.4 Å². The maximum absolute atomic E-state index is 12.4. The lowest BCUT2D eigenvalue weighted by molar-refractivity contribution is -0.141. The smallest absolute Gasteiger partial charge is 0.352 e. The highest BCUT2D eigenvalue weighted by Gasteiger charge is 2.28. The van der Waals surface area contributed by atoms with Crippen LogP contribution < -0.4 is 5.32 Å². The molecule has 1 aromatic heterocycles. The molecule has 0 saturated heterocycles. The van der Waals surface area contributed by atoms with Crippen molar-refractivity contribution in [3.63, 3.8) is 0 Å². The van der Waals surface area contributed by atoms with Crippen molar-refractivity contribution in [2.75, 3.05) is 20.1 Å². The normalized spacial score (nSPS) is 11.7. The van der Waals surface area contributed by atoms with Crippen LogP contribution in [0.25, 0.3) is 0 Å². The van der Waals surface area contributed by atoms with Gasteiger partial charge in [-0.3, -0.25) is 9.69 Å². The van der Waals surface area contributed by atoms with E-state index in [1.54, 1.807) is 18.0 Å². The number of carbonyl (C=O) groups excluding carboxylic acids is 1. The molecule has 0 spiro atoms. The Morgan fingerprint density at radius 1 is 1.60 bits per heavy atom. The van der Waals surface area contributed by atoms with Gasteiger partial charge in [0, 0.05) is 18.9 Å². The summed E-state index contributed by atoms with van der Waals surface area (Å²) in [5, 5.41) is 2.59. The minimum absolute atomic E-state index is 0.0761. The molecule has 0 aromatic carbocycles. The summed E-state index contributed by atoms with van der Waals surface area (Å²) in [4.78, 5) is 16.9. The number of halogens is 3. The first kappa shape index (κ1) is 16.2. The van der Waals surface area contributed by atoms with E-state index < -0.39 is 12.7 Å². The van der Waals surface area contributed by atoms with Gasteiger partial charge < -0.3 is 9.88 Å². The van der Waals surface area contributed by atoms with Crippen LogP contribution in [0.5, 0.6) is 0 Å². The zero-order valence-corrected chi connectivity index (χ0v) is 11.2. The fraction of sp³-hybridized carbons (Fsp3) is 0.500. The molecule has 112 valence electrons. The zero-order valence-electron chi connectivity index (χ0n) is 11.2. The maximum atomic E-state index is 12.4. The molecule has 0 aliphatic carbocycles. The minimum Gasteiger partial charge on any atom is -0.352 e. The molecule has 20 heavy (non-hydrogen) atoms. The number of hydrogen-bond donors (Lipinski definition) is 1. The predicted molar refractivity (Wildman–Crippen MR) is 67.8 cm³/mol. The number of alkyl halides is 3. The zero-order chi connectivity index (χ0) is 15.2. The molecule has 1 rings (SSSR count). The molecule has 0 bridgehead atoms. The fourth-order valence-corrected chi connectivity index (χ4v) is 1.61. The summed E-state index contributed by atoms with van der Waals surface area (Å²) in [6, 6.07) is 0. The number of likely N-dealkylation sites (N-methyl/N-ethyl adjacent to an activating group) is 1. The van der Waals surface area contributed by atoms with E-state index in [1.165, 1.54) is 12.4 Å². The maximum Gasteiger partial charge on any atom is 0.406 e. The lowest BCUT2D eigenvalue weighted by atomic mass is 10.4. The van der Waals surface area contributed by atoms with Gasteiger partial charge in [-0.2, -0.15) is 13.2 Å². The molecule has 0 radical (unpaired) electrons. The second kappa shape index (κ2) is 7.09. The molecule has 0 aliphatic rings. The van der Waals surface area contributed by atoms with Gasteiger partial charge in [-0.1, -0.05) is 6.08 Å². The molecule has 8 heteroatoms. The van der Waals surface area contributed by atoms with E-state index in [1.807, 2.05) is 0 Å². The van der Waals surface area contributed by atoms with Crippen LogP contribution in [0, 0.1) is 0 Å². The van der Waals surface area contributed by atoms with E-state index in [0.717, 1.165) is 4.57 Å². The van der Waals surface area contributed by atoms with E-state index in [-0.39, 0.29) is 24.8 Å². The highest BCUT2D eigenvalue weighted by atomic mass is 19.4. The second-order valence-electron chi connectivity index (χ2n) is 4.35. The molecular formula is C12H17F3N4O. The number of rotatable bonds is 7. The molecular weight excluding hydrogens is 273 g/mol.